The first-order valence-electron chi connectivity index (χ1n) is 6.48. The molecule has 19 heavy (non-hydrogen) atoms. The van der Waals surface area contributed by atoms with E-state index in [9.17, 15) is 4.79 Å². The molecule has 1 heterocycles. The second kappa shape index (κ2) is 6.04. The van der Waals surface area contributed by atoms with Gasteiger partial charge in [0.25, 0.3) is 0 Å². The highest BCUT2D eigenvalue weighted by Gasteiger charge is 2.20. The predicted octanol–water partition coefficient (Wildman–Crippen LogP) is 1.31. The zero-order chi connectivity index (χ0) is 13.8. The number of benzene rings is 1. The van der Waals surface area contributed by atoms with Crippen molar-refractivity contribution in [2.75, 3.05) is 31.2 Å². The standard InChI is InChI=1S/C14H20N2O3/c1-10-2-3-13(16-4-6-19-7-5-16)11(8-10)12(15)9-14(17)18/h2-3,8,12H,4-7,9,15H2,1H3,(H,17,18). The number of aliphatic carboxylic acids is 1. The van der Waals surface area contributed by atoms with E-state index in [1.807, 2.05) is 25.1 Å². The quantitative estimate of drug-likeness (QED) is 0.857. The number of ether oxygens (including phenoxy) is 1. The first-order valence-corrected chi connectivity index (χ1v) is 6.48. The number of nitrogens with two attached hydrogens (primary N) is 1. The van der Waals surface area contributed by atoms with Gasteiger partial charge in [0.2, 0.25) is 0 Å². The Bertz CT molecular complexity index is 456. The lowest BCUT2D eigenvalue weighted by Gasteiger charge is -2.32. The summed E-state index contributed by atoms with van der Waals surface area (Å²) in [7, 11) is 0. The van der Waals surface area contributed by atoms with Crippen molar-refractivity contribution in [3.8, 4) is 0 Å². The molecule has 0 aromatic heterocycles. The number of hydrogen-bond donors (Lipinski definition) is 2. The molecule has 1 fully saturated rings. The summed E-state index contributed by atoms with van der Waals surface area (Å²) in [4.78, 5) is 13.1. The molecular formula is C14H20N2O3. The fourth-order valence-electron chi connectivity index (χ4n) is 2.36. The minimum atomic E-state index is -0.873. The molecule has 1 aliphatic rings. The number of anilines is 1. The van der Waals surface area contributed by atoms with Gasteiger partial charge in [0.1, 0.15) is 0 Å². The van der Waals surface area contributed by atoms with Crippen LogP contribution in [0.5, 0.6) is 0 Å². The van der Waals surface area contributed by atoms with Crippen molar-refractivity contribution in [1.29, 1.82) is 0 Å². The highest BCUT2D eigenvalue weighted by molar-refractivity contribution is 5.69. The number of carboxylic acids is 1. The Morgan fingerprint density at radius 1 is 1.47 bits per heavy atom. The summed E-state index contributed by atoms with van der Waals surface area (Å²) in [6, 6.07) is 5.56. The molecular weight excluding hydrogens is 244 g/mol. The Hall–Kier alpha value is -1.59. The summed E-state index contributed by atoms with van der Waals surface area (Å²) in [5.74, 6) is -0.873. The van der Waals surface area contributed by atoms with Crippen molar-refractivity contribution in [2.45, 2.75) is 19.4 Å². The van der Waals surface area contributed by atoms with E-state index in [4.69, 9.17) is 15.6 Å². The van der Waals surface area contributed by atoms with E-state index in [0.717, 1.165) is 29.9 Å². The van der Waals surface area contributed by atoms with Crippen LogP contribution in [-0.2, 0) is 9.53 Å². The van der Waals surface area contributed by atoms with Gasteiger partial charge in [0.15, 0.2) is 0 Å². The maximum atomic E-state index is 10.8. The second-order valence-electron chi connectivity index (χ2n) is 4.87. The number of hydrogen-bond acceptors (Lipinski definition) is 4. The van der Waals surface area contributed by atoms with Crippen LogP contribution in [0.4, 0.5) is 5.69 Å². The molecule has 0 amide bonds. The van der Waals surface area contributed by atoms with Crippen molar-refractivity contribution >= 4 is 11.7 Å². The Kier molecular flexibility index (Phi) is 4.39. The molecule has 3 N–H and O–H groups in total. The van der Waals surface area contributed by atoms with E-state index in [2.05, 4.69) is 4.90 Å². The summed E-state index contributed by atoms with van der Waals surface area (Å²) in [6.45, 7) is 5.01. The molecule has 1 aromatic carbocycles. The van der Waals surface area contributed by atoms with Crippen LogP contribution < -0.4 is 10.6 Å². The smallest absolute Gasteiger partial charge is 0.305 e. The molecule has 1 aliphatic heterocycles. The molecule has 0 radical (unpaired) electrons. The van der Waals surface area contributed by atoms with Gasteiger partial charge < -0.3 is 20.5 Å². The molecule has 2 rings (SSSR count). The SMILES string of the molecule is Cc1ccc(N2CCOCC2)c(C(N)CC(=O)O)c1. The van der Waals surface area contributed by atoms with Gasteiger partial charge in [0.05, 0.1) is 19.6 Å². The van der Waals surface area contributed by atoms with E-state index < -0.39 is 12.0 Å². The summed E-state index contributed by atoms with van der Waals surface area (Å²) in [5, 5.41) is 8.90. The van der Waals surface area contributed by atoms with Gasteiger partial charge in [-0.05, 0) is 18.6 Å². The van der Waals surface area contributed by atoms with Gasteiger partial charge in [-0.25, -0.2) is 0 Å². The molecule has 5 nitrogen and oxygen atoms in total. The average molecular weight is 264 g/mol. The van der Waals surface area contributed by atoms with Crippen molar-refractivity contribution in [3.05, 3.63) is 29.3 Å². The molecule has 0 spiro atoms. The van der Waals surface area contributed by atoms with Crippen molar-refractivity contribution in [1.82, 2.24) is 0 Å². The molecule has 0 bridgehead atoms. The highest BCUT2D eigenvalue weighted by atomic mass is 16.5. The first kappa shape index (κ1) is 13.8. The van der Waals surface area contributed by atoms with Crippen LogP contribution in [0.1, 0.15) is 23.6 Å². The second-order valence-corrected chi connectivity index (χ2v) is 4.87. The van der Waals surface area contributed by atoms with E-state index in [-0.39, 0.29) is 6.42 Å². The monoisotopic (exact) mass is 264 g/mol. The minimum Gasteiger partial charge on any atom is -0.481 e. The number of morpholine rings is 1. The average Bonchev–Trinajstić information content (AvgIpc) is 2.39. The normalized spacial score (nSPS) is 17.3. The third-order valence-electron chi connectivity index (χ3n) is 3.33. The first-order chi connectivity index (χ1) is 9.08. The van der Waals surface area contributed by atoms with Crippen LogP contribution in [-0.4, -0.2) is 37.4 Å². The highest BCUT2D eigenvalue weighted by Crippen LogP contribution is 2.28. The minimum absolute atomic E-state index is 0.0548. The zero-order valence-corrected chi connectivity index (χ0v) is 11.1. The predicted molar refractivity (Wildman–Crippen MR) is 73.4 cm³/mol. The van der Waals surface area contributed by atoms with E-state index in [1.54, 1.807) is 0 Å². The van der Waals surface area contributed by atoms with Crippen LogP contribution in [0.2, 0.25) is 0 Å². The van der Waals surface area contributed by atoms with Crippen LogP contribution in [0, 0.1) is 6.92 Å². The fourth-order valence-corrected chi connectivity index (χ4v) is 2.36. The maximum absolute atomic E-state index is 10.8. The maximum Gasteiger partial charge on any atom is 0.305 e. The van der Waals surface area contributed by atoms with Crippen LogP contribution >= 0.6 is 0 Å². The third-order valence-corrected chi connectivity index (χ3v) is 3.33. The van der Waals surface area contributed by atoms with E-state index >= 15 is 0 Å². The van der Waals surface area contributed by atoms with Gasteiger partial charge in [-0.3, -0.25) is 4.79 Å². The third kappa shape index (κ3) is 3.45. The summed E-state index contributed by atoms with van der Waals surface area (Å²) in [5.41, 5.74) is 9.06. The van der Waals surface area contributed by atoms with Crippen molar-refractivity contribution in [2.24, 2.45) is 5.73 Å². The van der Waals surface area contributed by atoms with E-state index in [1.165, 1.54) is 0 Å². The van der Waals surface area contributed by atoms with Crippen LogP contribution in [0.3, 0.4) is 0 Å². The zero-order valence-electron chi connectivity index (χ0n) is 11.1. The lowest BCUT2D eigenvalue weighted by atomic mass is 9.99. The van der Waals surface area contributed by atoms with Crippen molar-refractivity contribution in [3.63, 3.8) is 0 Å². The largest absolute Gasteiger partial charge is 0.481 e. The molecule has 1 atom stereocenters. The van der Waals surface area contributed by atoms with Gasteiger partial charge in [0, 0.05) is 24.8 Å². The van der Waals surface area contributed by atoms with Crippen LogP contribution in [0.25, 0.3) is 0 Å². The van der Waals surface area contributed by atoms with Gasteiger partial charge >= 0.3 is 5.97 Å². The number of aryl methyl sites for hydroxylation is 1. The summed E-state index contributed by atoms with van der Waals surface area (Å²) >= 11 is 0. The number of carbonyl (C=O) groups is 1. The Labute approximate surface area is 113 Å². The molecule has 1 aromatic rings. The number of carboxylic acid groups (broad SMARTS) is 1. The Morgan fingerprint density at radius 3 is 2.79 bits per heavy atom. The molecule has 1 saturated heterocycles. The molecule has 104 valence electrons. The number of nitrogens with zero attached hydrogens (tertiary/aromatic N) is 1. The Balaban J connectivity index is 2.28. The van der Waals surface area contributed by atoms with E-state index in [0.29, 0.717) is 13.2 Å². The van der Waals surface area contributed by atoms with Gasteiger partial charge in [-0.15, -0.1) is 0 Å². The lowest BCUT2D eigenvalue weighted by molar-refractivity contribution is -0.137. The van der Waals surface area contributed by atoms with Gasteiger partial charge in [-0.2, -0.15) is 0 Å². The fraction of sp³-hybridized carbons (Fsp3) is 0.500. The van der Waals surface area contributed by atoms with Gasteiger partial charge in [-0.1, -0.05) is 17.7 Å². The molecule has 5 heteroatoms. The molecule has 0 saturated carbocycles. The molecule has 1 unspecified atom stereocenters. The van der Waals surface area contributed by atoms with Crippen LogP contribution in [0.15, 0.2) is 18.2 Å². The van der Waals surface area contributed by atoms with Crippen molar-refractivity contribution < 1.29 is 14.6 Å². The summed E-state index contributed by atoms with van der Waals surface area (Å²) < 4.78 is 5.34. The molecule has 0 aliphatic carbocycles. The topological polar surface area (TPSA) is 75.8 Å². The number of rotatable bonds is 4. The Morgan fingerprint density at radius 2 is 2.16 bits per heavy atom. The lowest BCUT2D eigenvalue weighted by Crippen LogP contribution is -2.37. The summed E-state index contributed by atoms with van der Waals surface area (Å²) in [6.07, 6.45) is -0.0548.